The summed E-state index contributed by atoms with van der Waals surface area (Å²) in [6.45, 7) is 3.12. The Labute approximate surface area is 168 Å². The van der Waals surface area contributed by atoms with Crippen LogP contribution in [0.3, 0.4) is 0 Å². The fraction of sp³-hybridized carbons (Fsp3) is 0.545. The fourth-order valence-electron chi connectivity index (χ4n) is 4.01. The lowest BCUT2D eigenvalue weighted by Crippen LogP contribution is -2.26. The molecule has 1 aromatic heterocycles. The van der Waals surface area contributed by atoms with E-state index in [1.54, 1.807) is 0 Å². The summed E-state index contributed by atoms with van der Waals surface area (Å²) in [6, 6.07) is 4.90. The molecule has 0 radical (unpaired) electrons. The van der Waals surface area contributed by atoms with Crippen molar-refractivity contribution >= 4 is 0 Å². The second-order valence-electron chi connectivity index (χ2n) is 8.15. The molecule has 2 heterocycles. The molecule has 1 saturated carbocycles. The van der Waals surface area contributed by atoms with Gasteiger partial charge in [0, 0.05) is 29.8 Å². The highest BCUT2D eigenvalue weighted by Gasteiger charge is 2.31. The number of nitrogens with zero attached hydrogens (tertiary/aromatic N) is 2. The topological polar surface area (TPSA) is 44.2 Å². The van der Waals surface area contributed by atoms with Crippen molar-refractivity contribution in [2.45, 2.75) is 56.9 Å². The van der Waals surface area contributed by atoms with Crippen molar-refractivity contribution in [2.75, 3.05) is 13.2 Å². The van der Waals surface area contributed by atoms with E-state index in [-0.39, 0.29) is 5.92 Å². The predicted molar refractivity (Wildman–Crippen MR) is 101 cm³/mol. The zero-order valence-corrected chi connectivity index (χ0v) is 16.4. The maximum absolute atomic E-state index is 12.7. The van der Waals surface area contributed by atoms with Crippen LogP contribution < -0.4 is 0 Å². The molecular weight excluding hydrogens is 381 g/mol. The summed E-state index contributed by atoms with van der Waals surface area (Å²) in [5.41, 5.74) is 0.859. The summed E-state index contributed by atoms with van der Waals surface area (Å²) < 4.78 is 49.6. The molecule has 2 aliphatic rings. The summed E-state index contributed by atoms with van der Waals surface area (Å²) in [5, 5.41) is 0. The number of aromatic nitrogens is 2. The Kier molecular flexibility index (Phi) is 5.88. The average molecular weight is 406 g/mol. The monoisotopic (exact) mass is 406 g/mol. The number of rotatable bonds is 3. The molecule has 0 amide bonds. The molecule has 1 aliphatic carbocycles. The van der Waals surface area contributed by atoms with Crippen molar-refractivity contribution in [1.82, 2.24) is 9.97 Å². The Hall–Kier alpha value is -1.99. The molecule has 4 nitrogen and oxygen atoms in total. The van der Waals surface area contributed by atoms with E-state index in [2.05, 4.69) is 16.9 Å². The van der Waals surface area contributed by atoms with E-state index in [9.17, 15) is 13.2 Å². The first-order valence-corrected chi connectivity index (χ1v) is 10.1. The van der Waals surface area contributed by atoms with Gasteiger partial charge >= 0.3 is 6.18 Å². The van der Waals surface area contributed by atoms with Gasteiger partial charge in [0.1, 0.15) is 5.82 Å². The minimum absolute atomic E-state index is 0.0149. The molecule has 156 valence electrons. The van der Waals surface area contributed by atoms with Crippen LogP contribution in [0.4, 0.5) is 13.2 Å². The molecule has 7 heteroatoms. The molecule has 0 atom stereocenters. The van der Waals surface area contributed by atoms with E-state index in [0.29, 0.717) is 24.7 Å². The summed E-state index contributed by atoms with van der Waals surface area (Å²) in [4.78, 5) is 9.17. The van der Waals surface area contributed by atoms with Crippen LogP contribution in [-0.2, 0) is 15.7 Å². The third-order valence-electron chi connectivity index (χ3n) is 5.95. The van der Waals surface area contributed by atoms with Gasteiger partial charge in [-0.1, -0.05) is 31.9 Å². The molecule has 1 aromatic carbocycles. The van der Waals surface area contributed by atoms with E-state index < -0.39 is 18.0 Å². The van der Waals surface area contributed by atoms with Crippen molar-refractivity contribution in [2.24, 2.45) is 5.92 Å². The Bertz CT molecular complexity index is 792. The second kappa shape index (κ2) is 8.40. The molecule has 2 aromatic rings. The Morgan fingerprint density at radius 1 is 0.828 bits per heavy atom. The number of benzene rings is 1. The number of alkyl halides is 3. The van der Waals surface area contributed by atoms with Gasteiger partial charge in [0.15, 0.2) is 6.29 Å². The first-order valence-electron chi connectivity index (χ1n) is 10.1. The van der Waals surface area contributed by atoms with Crippen LogP contribution >= 0.6 is 0 Å². The van der Waals surface area contributed by atoms with E-state index in [1.165, 1.54) is 25.0 Å². The van der Waals surface area contributed by atoms with Gasteiger partial charge in [0.05, 0.1) is 18.8 Å². The number of hydrogen-bond acceptors (Lipinski definition) is 4. The lowest BCUT2D eigenvalue weighted by atomic mass is 9.82. The van der Waals surface area contributed by atoms with E-state index in [4.69, 9.17) is 9.47 Å². The minimum Gasteiger partial charge on any atom is -0.348 e. The first kappa shape index (κ1) is 20.3. The molecule has 0 unspecified atom stereocenters. The van der Waals surface area contributed by atoms with Gasteiger partial charge in [-0.15, -0.1) is 0 Å². The Morgan fingerprint density at radius 3 is 1.97 bits per heavy atom. The van der Waals surface area contributed by atoms with Gasteiger partial charge in [-0.3, -0.25) is 0 Å². The van der Waals surface area contributed by atoms with Crippen LogP contribution in [0.15, 0.2) is 36.7 Å². The maximum Gasteiger partial charge on any atom is 0.416 e. The largest absolute Gasteiger partial charge is 0.416 e. The minimum atomic E-state index is -4.35. The quantitative estimate of drug-likeness (QED) is 0.664. The van der Waals surface area contributed by atoms with Crippen molar-refractivity contribution in [1.29, 1.82) is 0 Å². The zero-order chi connectivity index (χ0) is 20.4. The molecule has 0 spiro atoms. The first-order chi connectivity index (χ1) is 13.9. The van der Waals surface area contributed by atoms with E-state index in [0.717, 1.165) is 42.3 Å². The van der Waals surface area contributed by atoms with E-state index >= 15 is 0 Å². The van der Waals surface area contributed by atoms with Crippen LogP contribution in [0.1, 0.15) is 73.2 Å². The third-order valence-corrected chi connectivity index (χ3v) is 5.95. The van der Waals surface area contributed by atoms with Gasteiger partial charge in [-0.25, -0.2) is 9.97 Å². The van der Waals surface area contributed by atoms with Crippen LogP contribution in [0, 0.1) is 5.92 Å². The molecule has 4 rings (SSSR count). The highest BCUT2D eigenvalue weighted by Crippen LogP contribution is 2.35. The van der Waals surface area contributed by atoms with E-state index in [1.807, 2.05) is 12.4 Å². The standard InChI is InChI=1S/C22H25F3N2O2/c1-14-2-4-15(5-3-14)20-26-10-17(11-27-20)18-12-28-21(29-13-18)16-6-8-19(9-7-16)22(23,24)25/h6-11,14-15,18,21H,2-5,12-13H2,1H3. The number of halogens is 3. The summed E-state index contributed by atoms with van der Waals surface area (Å²) in [5.74, 6) is 2.17. The van der Waals surface area contributed by atoms with Gasteiger partial charge in [0.2, 0.25) is 0 Å². The SMILES string of the molecule is CC1CCC(c2ncc(C3COC(c4ccc(C(F)(F)F)cc4)OC3)cn2)CC1. The van der Waals surface area contributed by atoms with Crippen LogP contribution in [0.5, 0.6) is 0 Å². The average Bonchev–Trinajstić information content (AvgIpc) is 2.74. The summed E-state index contributed by atoms with van der Waals surface area (Å²) in [6.07, 6.45) is 3.46. The van der Waals surface area contributed by atoms with Gasteiger partial charge in [0.25, 0.3) is 0 Å². The van der Waals surface area contributed by atoms with Crippen LogP contribution in [0.2, 0.25) is 0 Å². The second-order valence-corrected chi connectivity index (χ2v) is 8.15. The molecule has 1 saturated heterocycles. The lowest BCUT2D eigenvalue weighted by molar-refractivity contribution is -0.191. The summed E-state index contributed by atoms with van der Waals surface area (Å²) in [7, 11) is 0. The van der Waals surface area contributed by atoms with Gasteiger partial charge < -0.3 is 9.47 Å². The summed E-state index contributed by atoms with van der Waals surface area (Å²) >= 11 is 0. The third kappa shape index (κ3) is 4.78. The Morgan fingerprint density at radius 2 is 1.41 bits per heavy atom. The smallest absolute Gasteiger partial charge is 0.348 e. The molecular formula is C22H25F3N2O2. The molecule has 0 N–H and O–H groups in total. The maximum atomic E-state index is 12.7. The van der Waals surface area contributed by atoms with Crippen LogP contribution in [-0.4, -0.2) is 23.2 Å². The van der Waals surface area contributed by atoms with Gasteiger partial charge in [-0.2, -0.15) is 13.2 Å². The number of ether oxygens (including phenoxy) is 2. The molecule has 0 bridgehead atoms. The number of hydrogen-bond donors (Lipinski definition) is 0. The molecule has 1 aliphatic heterocycles. The fourth-order valence-corrected chi connectivity index (χ4v) is 4.01. The van der Waals surface area contributed by atoms with Crippen molar-refractivity contribution in [3.8, 4) is 0 Å². The zero-order valence-electron chi connectivity index (χ0n) is 16.4. The normalized spacial score (nSPS) is 28.3. The Balaban J connectivity index is 1.33. The van der Waals surface area contributed by atoms with Crippen molar-refractivity contribution < 1.29 is 22.6 Å². The van der Waals surface area contributed by atoms with Gasteiger partial charge in [-0.05, 0) is 36.5 Å². The van der Waals surface area contributed by atoms with Crippen molar-refractivity contribution in [3.63, 3.8) is 0 Å². The van der Waals surface area contributed by atoms with Crippen LogP contribution in [0.25, 0.3) is 0 Å². The highest BCUT2D eigenvalue weighted by molar-refractivity contribution is 5.25. The molecule has 29 heavy (non-hydrogen) atoms. The highest BCUT2D eigenvalue weighted by atomic mass is 19.4. The van der Waals surface area contributed by atoms with Crippen molar-refractivity contribution in [3.05, 3.63) is 59.2 Å². The molecule has 2 fully saturated rings. The predicted octanol–water partition coefficient (Wildman–Crippen LogP) is 5.62. The lowest BCUT2D eigenvalue weighted by Gasteiger charge is -2.30.